The predicted molar refractivity (Wildman–Crippen MR) is 35.2 cm³/mol. The molecule has 4 nitrogen and oxygen atoms in total. The Balaban J connectivity index is 3.68. The summed E-state index contributed by atoms with van der Waals surface area (Å²) in [5.74, 6) is -0.288. The standard InChI is InChI=1S/C4H8N2O2S/c1-4(8)6(3-7)9-5-2/h3,5H,1-2H3. The summed E-state index contributed by atoms with van der Waals surface area (Å²) >= 11 is 0.950. The van der Waals surface area contributed by atoms with E-state index in [1.165, 1.54) is 6.92 Å². The highest BCUT2D eigenvalue weighted by atomic mass is 32.2. The van der Waals surface area contributed by atoms with Gasteiger partial charge >= 0.3 is 0 Å². The number of nitrogens with one attached hydrogen (secondary N) is 1. The van der Waals surface area contributed by atoms with Gasteiger partial charge in [0, 0.05) is 19.1 Å². The number of imide groups is 1. The van der Waals surface area contributed by atoms with Crippen molar-refractivity contribution in [2.45, 2.75) is 6.92 Å². The molecule has 0 radical (unpaired) electrons. The topological polar surface area (TPSA) is 49.4 Å². The third-order valence-corrected chi connectivity index (χ3v) is 1.32. The van der Waals surface area contributed by atoms with Gasteiger partial charge in [-0.25, -0.2) is 9.03 Å². The van der Waals surface area contributed by atoms with E-state index in [0.29, 0.717) is 6.41 Å². The maximum atomic E-state index is 10.4. The minimum Gasteiger partial charge on any atom is -0.277 e. The van der Waals surface area contributed by atoms with E-state index in [2.05, 4.69) is 4.72 Å². The van der Waals surface area contributed by atoms with Gasteiger partial charge in [-0.2, -0.15) is 0 Å². The Morgan fingerprint density at radius 3 is 2.44 bits per heavy atom. The number of nitrogens with zero attached hydrogens (tertiary/aromatic N) is 1. The molecule has 5 heteroatoms. The van der Waals surface area contributed by atoms with E-state index in [1.54, 1.807) is 7.05 Å². The number of rotatable bonds is 3. The molecule has 0 spiro atoms. The van der Waals surface area contributed by atoms with E-state index < -0.39 is 0 Å². The highest BCUT2D eigenvalue weighted by molar-refractivity contribution is 7.96. The third kappa shape index (κ3) is 3.10. The first kappa shape index (κ1) is 8.45. The second kappa shape index (κ2) is 4.34. The van der Waals surface area contributed by atoms with Crippen LogP contribution < -0.4 is 4.72 Å². The summed E-state index contributed by atoms with van der Waals surface area (Å²) in [6, 6.07) is 0. The van der Waals surface area contributed by atoms with Crippen molar-refractivity contribution in [1.82, 2.24) is 9.03 Å². The van der Waals surface area contributed by atoms with Crippen LogP contribution in [0.15, 0.2) is 0 Å². The first-order valence-corrected chi connectivity index (χ1v) is 3.08. The van der Waals surface area contributed by atoms with Crippen molar-refractivity contribution in [3.63, 3.8) is 0 Å². The summed E-state index contributed by atoms with van der Waals surface area (Å²) in [4.78, 5) is 20.4. The Morgan fingerprint density at radius 2 is 2.33 bits per heavy atom. The molecule has 1 N–H and O–H groups in total. The number of hydrogen-bond donors (Lipinski definition) is 1. The molecule has 0 aromatic carbocycles. The van der Waals surface area contributed by atoms with E-state index in [9.17, 15) is 9.59 Å². The SMILES string of the molecule is CNSN(C=O)C(C)=O. The Hall–Kier alpha value is -0.550. The van der Waals surface area contributed by atoms with Crippen molar-refractivity contribution >= 4 is 24.5 Å². The van der Waals surface area contributed by atoms with Crippen molar-refractivity contribution in [3.8, 4) is 0 Å². The average Bonchev–Trinajstić information content (AvgIpc) is 1.82. The van der Waals surface area contributed by atoms with Gasteiger partial charge in [0.15, 0.2) is 0 Å². The molecule has 0 atom stereocenters. The monoisotopic (exact) mass is 148 g/mol. The lowest BCUT2D eigenvalue weighted by molar-refractivity contribution is -0.130. The lowest BCUT2D eigenvalue weighted by atomic mass is 10.7. The molecule has 0 fully saturated rings. The number of hydrogen-bond acceptors (Lipinski definition) is 4. The second-order valence-corrected chi connectivity index (χ2v) is 2.23. The summed E-state index contributed by atoms with van der Waals surface area (Å²) in [5.41, 5.74) is 0. The summed E-state index contributed by atoms with van der Waals surface area (Å²) < 4.78 is 3.55. The molecule has 0 aliphatic rings. The van der Waals surface area contributed by atoms with E-state index in [0.717, 1.165) is 16.4 Å². The van der Waals surface area contributed by atoms with Crippen LogP contribution in [-0.4, -0.2) is 23.7 Å². The van der Waals surface area contributed by atoms with Gasteiger partial charge in [-0.1, -0.05) is 0 Å². The summed E-state index contributed by atoms with van der Waals surface area (Å²) in [5, 5.41) is 0. The van der Waals surface area contributed by atoms with Crippen molar-refractivity contribution in [3.05, 3.63) is 0 Å². The maximum absolute atomic E-state index is 10.4. The molecular formula is C4H8N2O2S. The smallest absolute Gasteiger partial charge is 0.237 e. The van der Waals surface area contributed by atoms with Crippen LogP contribution in [0, 0.1) is 0 Å². The van der Waals surface area contributed by atoms with Crippen molar-refractivity contribution < 1.29 is 9.59 Å². The van der Waals surface area contributed by atoms with E-state index in [-0.39, 0.29) is 5.91 Å². The molecule has 0 saturated carbocycles. The van der Waals surface area contributed by atoms with Gasteiger partial charge < -0.3 is 0 Å². The van der Waals surface area contributed by atoms with Gasteiger partial charge in [0.2, 0.25) is 12.3 Å². The van der Waals surface area contributed by atoms with Crippen LogP contribution in [0.5, 0.6) is 0 Å². The molecule has 2 amide bonds. The molecular weight excluding hydrogens is 140 g/mol. The summed E-state index contributed by atoms with van der Waals surface area (Å²) in [6.45, 7) is 1.32. The van der Waals surface area contributed by atoms with Crippen LogP contribution in [0.25, 0.3) is 0 Å². The minimum absolute atomic E-state index is 0.288. The molecule has 0 rings (SSSR count). The Kier molecular flexibility index (Phi) is 4.08. The molecule has 9 heavy (non-hydrogen) atoms. The summed E-state index contributed by atoms with van der Waals surface area (Å²) in [6.07, 6.45) is 0.462. The van der Waals surface area contributed by atoms with Gasteiger partial charge in [-0.3, -0.25) is 9.59 Å². The first-order chi connectivity index (χ1) is 4.22. The molecule has 0 aromatic heterocycles. The zero-order valence-electron chi connectivity index (χ0n) is 5.25. The fourth-order valence-corrected chi connectivity index (χ4v) is 0.627. The van der Waals surface area contributed by atoms with E-state index in [1.807, 2.05) is 0 Å². The minimum atomic E-state index is -0.288. The highest BCUT2D eigenvalue weighted by Crippen LogP contribution is 1.98. The number of carbonyl (C=O) groups excluding carboxylic acids is 2. The molecule has 0 heterocycles. The third-order valence-electron chi connectivity index (χ3n) is 0.596. The number of carbonyl (C=O) groups is 2. The van der Waals surface area contributed by atoms with Crippen LogP contribution in [0.4, 0.5) is 0 Å². The van der Waals surface area contributed by atoms with Gasteiger partial charge in [0.25, 0.3) is 0 Å². The molecule has 0 aromatic rings. The quantitative estimate of drug-likeness (QED) is 0.444. The molecule has 0 bridgehead atoms. The first-order valence-electron chi connectivity index (χ1n) is 2.31. The largest absolute Gasteiger partial charge is 0.277 e. The normalized spacial score (nSPS) is 8.67. The molecule has 52 valence electrons. The fourth-order valence-electron chi connectivity index (χ4n) is 0.258. The lowest BCUT2D eigenvalue weighted by Crippen LogP contribution is -2.22. The van der Waals surface area contributed by atoms with Crippen molar-refractivity contribution in [2.24, 2.45) is 0 Å². The van der Waals surface area contributed by atoms with Gasteiger partial charge in [0.05, 0.1) is 0 Å². The van der Waals surface area contributed by atoms with Crippen LogP contribution in [0.1, 0.15) is 6.92 Å². The van der Waals surface area contributed by atoms with Crippen molar-refractivity contribution in [1.29, 1.82) is 0 Å². The predicted octanol–water partition coefficient (Wildman–Crippen LogP) is -0.226. The van der Waals surface area contributed by atoms with Crippen LogP contribution in [-0.2, 0) is 9.59 Å². The maximum Gasteiger partial charge on any atom is 0.237 e. The molecule has 0 saturated heterocycles. The zero-order valence-corrected chi connectivity index (χ0v) is 6.07. The molecule has 0 aliphatic heterocycles. The van der Waals surface area contributed by atoms with Gasteiger partial charge in [-0.05, 0) is 7.05 Å². The Morgan fingerprint density at radius 1 is 1.78 bits per heavy atom. The zero-order chi connectivity index (χ0) is 7.28. The van der Waals surface area contributed by atoms with E-state index in [4.69, 9.17) is 0 Å². The Bertz CT molecular complexity index is 117. The van der Waals surface area contributed by atoms with Crippen LogP contribution in [0.2, 0.25) is 0 Å². The number of amides is 2. The highest BCUT2D eigenvalue weighted by Gasteiger charge is 2.04. The molecule has 0 aliphatic carbocycles. The summed E-state index contributed by atoms with van der Waals surface area (Å²) in [7, 11) is 1.63. The van der Waals surface area contributed by atoms with Crippen LogP contribution >= 0.6 is 12.1 Å². The van der Waals surface area contributed by atoms with Crippen molar-refractivity contribution in [2.75, 3.05) is 7.05 Å². The lowest BCUT2D eigenvalue weighted by Gasteiger charge is -2.07. The van der Waals surface area contributed by atoms with E-state index >= 15 is 0 Å². The fraction of sp³-hybridized carbons (Fsp3) is 0.500. The molecule has 0 unspecified atom stereocenters. The second-order valence-electron chi connectivity index (χ2n) is 1.25. The van der Waals surface area contributed by atoms with Crippen LogP contribution in [0.3, 0.4) is 0 Å². The van der Waals surface area contributed by atoms with Gasteiger partial charge in [-0.15, -0.1) is 0 Å². The average molecular weight is 148 g/mol. The van der Waals surface area contributed by atoms with Gasteiger partial charge in [0.1, 0.15) is 0 Å². The Labute approximate surface area is 57.9 Å².